The monoisotopic (exact) mass is 299 g/mol. The van der Waals surface area contributed by atoms with Gasteiger partial charge in [0, 0.05) is 13.3 Å². The lowest BCUT2D eigenvalue weighted by molar-refractivity contribution is -0.132. The molecule has 6 nitrogen and oxygen atoms in total. The molecule has 1 aliphatic rings. The van der Waals surface area contributed by atoms with Crippen molar-refractivity contribution in [3.63, 3.8) is 0 Å². The van der Waals surface area contributed by atoms with Gasteiger partial charge in [0.1, 0.15) is 11.4 Å². The molecule has 0 saturated carbocycles. The minimum Gasteiger partial charge on any atom is -0.478 e. The normalized spacial score (nSPS) is 20.6. The molecule has 1 aromatic rings. The summed E-state index contributed by atoms with van der Waals surface area (Å²) in [5, 5.41) is 19.8. The number of nitrogens with two attached hydrogens (primary N) is 1. The number of amidine groups is 1. The van der Waals surface area contributed by atoms with Crippen LogP contribution in [0, 0.1) is 5.41 Å². The van der Waals surface area contributed by atoms with Crippen molar-refractivity contribution in [3.05, 3.63) is 53.6 Å². The zero-order valence-corrected chi connectivity index (χ0v) is 12.1. The highest BCUT2D eigenvalue weighted by atomic mass is 16.4. The lowest BCUT2D eigenvalue weighted by Crippen LogP contribution is -2.56. The van der Waals surface area contributed by atoms with E-state index in [0.717, 1.165) is 5.56 Å². The maximum absolute atomic E-state index is 11.5. The molecule has 0 aliphatic heterocycles. The van der Waals surface area contributed by atoms with Crippen LogP contribution in [0.4, 0.5) is 0 Å². The van der Waals surface area contributed by atoms with Crippen molar-refractivity contribution < 1.29 is 14.7 Å². The third-order valence-corrected chi connectivity index (χ3v) is 3.55. The summed E-state index contributed by atoms with van der Waals surface area (Å²) in [5.74, 6) is -1.64. The first-order chi connectivity index (χ1) is 10.4. The van der Waals surface area contributed by atoms with E-state index in [1.165, 1.54) is 19.1 Å². The minimum atomic E-state index is -1.20. The standard InChI is InChI=1S/C16H17N3O3/c1-10(20)19-16(15(17)18)8-7-12(14(21)22)13(9-16)11-5-3-2-4-6-11/h2-8H,9H2,1H3,(H3,17,18)(H,19,20)(H,21,22). The Morgan fingerprint density at radius 3 is 2.45 bits per heavy atom. The molecule has 0 spiro atoms. The largest absolute Gasteiger partial charge is 0.478 e. The Morgan fingerprint density at radius 2 is 1.95 bits per heavy atom. The summed E-state index contributed by atoms with van der Waals surface area (Å²) >= 11 is 0. The highest BCUT2D eigenvalue weighted by Crippen LogP contribution is 2.34. The number of carboxylic acids is 1. The van der Waals surface area contributed by atoms with Crippen LogP contribution in [0.15, 0.2) is 48.1 Å². The molecule has 22 heavy (non-hydrogen) atoms. The highest BCUT2D eigenvalue weighted by molar-refractivity contribution is 6.04. The first kappa shape index (κ1) is 15.5. The van der Waals surface area contributed by atoms with Gasteiger partial charge in [0.2, 0.25) is 5.91 Å². The van der Waals surface area contributed by atoms with Crippen molar-refractivity contribution in [3.8, 4) is 0 Å². The van der Waals surface area contributed by atoms with Gasteiger partial charge in [-0.15, -0.1) is 0 Å². The summed E-state index contributed by atoms with van der Waals surface area (Å²) in [5.41, 5.74) is 5.84. The molecule has 1 atom stereocenters. The van der Waals surface area contributed by atoms with E-state index >= 15 is 0 Å². The van der Waals surface area contributed by atoms with Gasteiger partial charge in [-0.25, -0.2) is 4.79 Å². The van der Waals surface area contributed by atoms with Crippen molar-refractivity contribution >= 4 is 23.3 Å². The summed E-state index contributed by atoms with van der Waals surface area (Å²) in [6.07, 6.45) is 2.97. The molecule has 0 heterocycles. The fraction of sp³-hybridized carbons (Fsp3) is 0.188. The van der Waals surface area contributed by atoms with E-state index < -0.39 is 11.5 Å². The predicted molar refractivity (Wildman–Crippen MR) is 83.2 cm³/mol. The third kappa shape index (κ3) is 2.90. The van der Waals surface area contributed by atoms with E-state index in [4.69, 9.17) is 11.1 Å². The van der Waals surface area contributed by atoms with Crippen LogP contribution < -0.4 is 11.1 Å². The minimum absolute atomic E-state index is 0.115. The number of carboxylic acid groups (broad SMARTS) is 1. The second-order valence-electron chi connectivity index (χ2n) is 5.14. The van der Waals surface area contributed by atoms with Crippen molar-refractivity contribution in [2.45, 2.75) is 18.9 Å². The van der Waals surface area contributed by atoms with Crippen LogP contribution >= 0.6 is 0 Å². The zero-order chi connectivity index (χ0) is 16.3. The molecular formula is C16H17N3O3. The number of aliphatic carboxylic acids is 1. The number of hydrogen-bond donors (Lipinski definition) is 4. The van der Waals surface area contributed by atoms with Crippen LogP contribution in [-0.4, -0.2) is 28.4 Å². The Labute approximate surface area is 127 Å². The number of benzene rings is 1. The molecule has 1 aromatic carbocycles. The van der Waals surface area contributed by atoms with Gasteiger partial charge >= 0.3 is 5.97 Å². The summed E-state index contributed by atoms with van der Waals surface area (Å²) < 4.78 is 0. The molecule has 0 bridgehead atoms. The maximum Gasteiger partial charge on any atom is 0.335 e. The molecule has 1 aliphatic carbocycles. The Hall–Kier alpha value is -2.89. The number of hydrogen-bond acceptors (Lipinski definition) is 3. The molecule has 2 rings (SSSR count). The highest BCUT2D eigenvalue weighted by Gasteiger charge is 2.37. The van der Waals surface area contributed by atoms with Gasteiger partial charge in [-0.1, -0.05) is 36.4 Å². The second-order valence-corrected chi connectivity index (χ2v) is 5.14. The van der Waals surface area contributed by atoms with Crippen LogP contribution in [0.25, 0.3) is 5.57 Å². The summed E-state index contributed by atoms with van der Waals surface area (Å²) in [4.78, 5) is 22.9. The Balaban J connectivity index is 2.55. The molecule has 5 N–H and O–H groups in total. The average molecular weight is 299 g/mol. The topological polar surface area (TPSA) is 116 Å². The van der Waals surface area contributed by atoms with Crippen molar-refractivity contribution in [1.82, 2.24) is 5.32 Å². The van der Waals surface area contributed by atoms with Crippen LogP contribution in [0.1, 0.15) is 18.9 Å². The third-order valence-electron chi connectivity index (χ3n) is 3.55. The lowest BCUT2D eigenvalue weighted by atomic mass is 9.79. The average Bonchev–Trinajstić information content (AvgIpc) is 2.47. The fourth-order valence-electron chi connectivity index (χ4n) is 2.51. The SMILES string of the molecule is CC(=O)NC1(C(=N)N)C=CC(C(=O)O)=C(c2ccccc2)C1. The van der Waals surface area contributed by atoms with E-state index in [1.807, 2.05) is 6.07 Å². The molecule has 6 heteroatoms. The van der Waals surface area contributed by atoms with E-state index in [9.17, 15) is 14.7 Å². The number of nitrogens with one attached hydrogen (secondary N) is 2. The van der Waals surface area contributed by atoms with Crippen molar-refractivity contribution in [2.24, 2.45) is 5.73 Å². The van der Waals surface area contributed by atoms with Gasteiger partial charge in [-0.3, -0.25) is 10.2 Å². The molecular weight excluding hydrogens is 282 g/mol. The number of carbonyl (C=O) groups is 2. The van der Waals surface area contributed by atoms with Crippen LogP contribution in [0.3, 0.4) is 0 Å². The van der Waals surface area contributed by atoms with Gasteiger partial charge in [-0.05, 0) is 17.2 Å². The Bertz CT molecular complexity index is 692. The number of rotatable bonds is 4. The first-order valence-corrected chi connectivity index (χ1v) is 6.70. The molecule has 114 valence electrons. The van der Waals surface area contributed by atoms with E-state index in [2.05, 4.69) is 5.32 Å². The predicted octanol–water partition coefficient (Wildman–Crippen LogP) is 1.30. The lowest BCUT2D eigenvalue weighted by Gasteiger charge is -2.34. The summed E-state index contributed by atoms with van der Waals surface area (Å²) in [6, 6.07) is 9.00. The zero-order valence-electron chi connectivity index (χ0n) is 12.1. The van der Waals surface area contributed by atoms with Crippen LogP contribution in [0.2, 0.25) is 0 Å². The smallest absolute Gasteiger partial charge is 0.335 e. The molecule has 0 aromatic heterocycles. The first-order valence-electron chi connectivity index (χ1n) is 6.70. The molecule has 1 unspecified atom stereocenters. The molecule has 0 fully saturated rings. The summed E-state index contributed by atoms with van der Waals surface area (Å²) in [7, 11) is 0. The van der Waals surface area contributed by atoms with Gasteiger partial charge in [0.15, 0.2) is 0 Å². The fourth-order valence-corrected chi connectivity index (χ4v) is 2.51. The van der Waals surface area contributed by atoms with Gasteiger partial charge in [0.25, 0.3) is 0 Å². The quantitative estimate of drug-likeness (QED) is 0.495. The molecule has 1 amide bonds. The summed E-state index contributed by atoms with van der Waals surface area (Å²) in [6.45, 7) is 1.33. The van der Waals surface area contributed by atoms with Crippen molar-refractivity contribution in [2.75, 3.05) is 0 Å². The van der Waals surface area contributed by atoms with E-state index in [0.29, 0.717) is 5.57 Å². The van der Waals surface area contributed by atoms with Crippen LogP contribution in [0.5, 0.6) is 0 Å². The van der Waals surface area contributed by atoms with Gasteiger partial charge in [-0.2, -0.15) is 0 Å². The molecule has 0 radical (unpaired) electrons. The van der Waals surface area contributed by atoms with Gasteiger partial charge in [0.05, 0.1) is 5.57 Å². The van der Waals surface area contributed by atoms with E-state index in [-0.39, 0.29) is 23.7 Å². The van der Waals surface area contributed by atoms with Gasteiger partial charge < -0.3 is 16.2 Å². The van der Waals surface area contributed by atoms with Crippen molar-refractivity contribution in [1.29, 1.82) is 5.41 Å². The Morgan fingerprint density at radius 1 is 1.32 bits per heavy atom. The second kappa shape index (κ2) is 5.85. The maximum atomic E-state index is 11.5. The van der Waals surface area contributed by atoms with E-state index in [1.54, 1.807) is 24.3 Å². The molecule has 0 saturated heterocycles. The number of carbonyl (C=O) groups excluding carboxylic acids is 1. The van der Waals surface area contributed by atoms with Crippen LogP contribution in [-0.2, 0) is 9.59 Å². The Kier molecular flexibility index (Phi) is 4.12. The number of amides is 1.